The minimum absolute atomic E-state index is 0.178. The van der Waals surface area contributed by atoms with E-state index in [1.54, 1.807) is 47.4 Å². The van der Waals surface area contributed by atoms with E-state index in [1.165, 1.54) is 0 Å². The molecular formula is C35H33ClN2O5. The quantitative estimate of drug-likeness (QED) is 0.187. The molecule has 8 heteroatoms. The van der Waals surface area contributed by atoms with Crippen LogP contribution in [0.5, 0.6) is 17.2 Å². The van der Waals surface area contributed by atoms with Gasteiger partial charge in [0.1, 0.15) is 0 Å². The van der Waals surface area contributed by atoms with Gasteiger partial charge in [-0.1, -0.05) is 54.1 Å². The lowest BCUT2D eigenvalue weighted by Gasteiger charge is -2.30. The molecule has 0 saturated heterocycles. The number of anilines is 1. The lowest BCUT2D eigenvalue weighted by Crippen LogP contribution is -2.36. The maximum atomic E-state index is 13.5. The van der Waals surface area contributed by atoms with Crippen molar-refractivity contribution in [1.29, 1.82) is 0 Å². The summed E-state index contributed by atoms with van der Waals surface area (Å²) >= 11 is 6.04. The van der Waals surface area contributed by atoms with Crippen LogP contribution < -0.4 is 24.4 Å². The predicted octanol–water partition coefficient (Wildman–Crippen LogP) is 7.08. The number of benzene rings is 4. The van der Waals surface area contributed by atoms with Gasteiger partial charge < -0.3 is 19.5 Å². The molecular weight excluding hydrogens is 564 g/mol. The molecule has 0 atom stereocenters. The van der Waals surface area contributed by atoms with Crippen LogP contribution in [0.3, 0.4) is 0 Å². The minimum atomic E-state index is -0.253. The van der Waals surface area contributed by atoms with Crippen LogP contribution in [0.25, 0.3) is 6.08 Å². The summed E-state index contributed by atoms with van der Waals surface area (Å²) in [6.07, 6.45) is 2.34. The molecule has 0 bridgehead atoms. The van der Waals surface area contributed by atoms with Gasteiger partial charge >= 0.3 is 0 Å². The fourth-order valence-electron chi connectivity index (χ4n) is 4.75. The molecule has 1 heterocycles. The second kappa shape index (κ2) is 13.9. The molecule has 0 radical (unpaired) electrons. The van der Waals surface area contributed by atoms with Gasteiger partial charge in [-0.15, -0.1) is 0 Å². The van der Waals surface area contributed by atoms with Gasteiger partial charge in [0.05, 0.1) is 25.4 Å². The SMILES string of the molecule is CCOc1ccc(CCNC(=O)c2ccc(/C=C3\Oc4ccccc4N(Cc4ccc(Cl)cc4)C3=O)cc2)cc1OCC. The Kier molecular flexibility index (Phi) is 9.64. The zero-order valence-corrected chi connectivity index (χ0v) is 24.9. The van der Waals surface area contributed by atoms with Crippen LogP contribution in [0, 0.1) is 0 Å². The zero-order valence-electron chi connectivity index (χ0n) is 24.1. The number of ether oxygens (including phenoxy) is 3. The third-order valence-corrected chi connectivity index (χ3v) is 7.12. The average Bonchev–Trinajstić information content (AvgIpc) is 3.02. The van der Waals surface area contributed by atoms with Crippen molar-refractivity contribution in [2.24, 2.45) is 0 Å². The Balaban J connectivity index is 1.24. The van der Waals surface area contributed by atoms with Gasteiger partial charge in [0.25, 0.3) is 11.8 Å². The Morgan fingerprint density at radius 1 is 0.884 bits per heavy atom. The third-order valence-electron chi connectivity index (χ3n) is 6.86. The van der Waals surface area contributed by atoms with Gasteiger partial charge in [0.15, 0.2) is 23.0 Å². The average molecular weight is 597 g/mol. The second-order valence-electron chi connectivity index (χ2n) is 9.87. The number of hydrogen-bond donors (Lipinski definition) is 1. The molecule has 2 amide bonds. The molecule has 0 fully saturated rings. The number of carbonyl (C=O) groups excluding carboxylic acids is 2. The predicted molar refractivity (Wildman–Crippen MR) is 169 cm³/mol. The highest BCUT2D eigenvalue weighted by Crippen LogP contribution is 2.36. The molecule has 5 rings (SSSR count). The minimum Gasteiger partial charge on any atom is -0.490 e. The molecule has 4 aromatic rings. The smallest absolute Gasteiger partial charge is 0.294 e. The van der Waals surface area contributed by atoms with Gasteiger partial charge in [-0.2, -0.15) is 0 Å². The highest BCUT2D eigenvalue weighted by Gasteiger charge is 2.30. The standard InChI is InChI=1S/C35H33ClN2O5/c1-3-41-31-18-13-25(21-32(31)42-4-2)19-20-37-34(39)27-14-9-24(10-15-27)22-33-35(40)38(23-26-11-16-28(36)17-12-26)29-7-5-6-8-30(29)43-33/h5-18,21-22H,3-4,19-20,23H2,1-2H3,(H,37,39)/b33-22-. The van der Waals surface area contributed by atoms with Crippen molar-refractivity contribution < 1.29 is 23.8 Å². The van der Waals surface area contributed by atoms with Crippen molar-refractivity contribution in [2.45, 2.75) is 26.8 Å². The van der Waals surface area contributed by atoms with E-state index >= 15 is 0 Å². The van der Waals surface area contributed by atoms with E-state index in [0.29, 0.717) is 66.2 Å². The molecule has 0 aliphatic carbocycles. The Bertz CT molecular complexity index is 1620. The second-order valence-corrected chi connectivity index (χ2v) is 10.3. The van der Waals surface area contributed by atoms with Crippen LogP contribution in [-0.2, 0) is 17.8 Å². The van der Waals surface area contributed by atoms with E-state index in [2.05, 4.69) is 5.32 Å². The molecule has 1 N–H and O–H groups in total. The van der Waals surface area contributed by atoms with E-state index < -0.39 is 0 Å². The van der Waals surface area contributed by atoms with Gasteiger partial charge in [-0.25, -0.2) is 0 Å². The van der Waals surface area contributed by atoms with Crippen molar-refractivity contribution in [3.63, 3.8) is 0 Å². The van der Waals surface area contributed by atoms with Crippen molar-refractivity contribution >= 4 is 35.2 Å². The monoisotopic (exact) mass is 596 g/mol. The van der Waals surface area contributed by atoms with Crippen molar-refractivity contribution in [3.8, 4) is 17.2 Å². The first-order valence-corrected chi connectivity index (χ1v) is 14.6. The first kappa shape index (κ1) is 29.7. The Morgan fingerprint density at radius 3 is 2.33 bits per heavy atom. The van der Waals surface area contributed by atoms with Crippen LogP contribution >= 0.6 is 11.6 Å². The third kappa shape index (κ3) is 7.37. The van der Waals surface area contributed by atoms with Crippen LogP contribution in [0.15, 0.2) is 96.8 Å². The zero-order chi connectivity index (χ0) is 30.2. The van der Waals surface area contributed by atoms with Crippen LogP contribution in [0.2, 0.25) is 5.02 Å². The molecule has 7 nitrogen and oxygen atoms in total. The van der Waals surface area contributed by atoms with E-state index in [4.69, 9.17) is 25.8 Å². The summed E-state index contributed by atoms with van der Waals surface area (Å²) in [5.41, 5.74) is 3.95. The number of hydrogen-bond acceptors (Lipinski definition) is 5. The summed E-state index contributed by atoms with van der Waals surface area (Å²) in [6, 6.07) is 27.7. The van der Waals surface area contributed by atoms with E-state index in [9.17, 15) is 9.59 Å². The van der Waals surface area contributed by atoms with Gasteiger partial charge in [0, 0.05) is 17.1 Å². The molecule has 1 aliphatic rings. The van der Waals surface area contributed by atoms with E-state index in [-0.39, 0.29) is 17.6 Å². The van der Waals surface area contributed by atoms with Crippen molar-refractivity contribution in [1.82, 2.24) is 5.32 Å². The lowest BCUT2D eigenvalue weighted by atomic mass is 10.1. The van der Waals surface area contributed by atoms with Crippen molar-refractivity contribution in [2.75, 3.05) is 24.7 Å². The van der Waals surface area contributed by atoms with Crippen LogP contribution in [-0.4, -0.2) is 31.6 Å². The van der Waals surface area contributed by atoms with E-state index in [0.717, 1.165) is 16.7 Å². The Hall–Kier alpha value is -4.75. The fourth-order valence-corrected chi connectivity index (χ4v) is 4.87. The lowest BCUT2D eigenvalue weighted by molar-refractivity contribution is -0.117. The molecule has 220 valence electrons. The number of halogens is 1. The maximum Gasteiger partial charge on any atom is 0.294 e. The maximum absolute atomic E-state index is 13.5. The Labute approximate surface area is 256 Å². The number of para-hydroxylation sites is 2. The summed E-state index contributed by atoms with van der Waals surface area (Å²) in [6.45, 7) is 5.81. The summed E-state index contributed by atoms with van der Waals surface area (Å²) in [4.78, 5) is 28.0. The van der Waals surface area contributed by atoms with Crippen molar-refractivity contribution in [3.05, 3.63) is 124 Å². The summed E-state index contributed by atoms with van der Waals surface area (Å²) < 4.78 is 17.3. The van der Waals surface area contributed by atoms with Gasteiger partial charge in [-0.3, -0.25) is 14.5 Å². The summed E-state index contributed by atoms with van der Waals surface area (Å²) in [5.74, 6) is 1.78. The number of carbonyl (C=O) groups is 2. The van der Waals surface area contributed by atoms with Crippen LogP contribution in [0.4, 0.5) is 5.69 Å². The number of nitrogens with one attached hydrogen (secondary N) is 1. The molecule has 43 heavy (non-hydrogen) atoms. The van der Waals surface area contributed by atoms with Gasteiger partial charge in [-0.05, 0) is 91.6 Å². The largest absolute Gasteiger partial charge is 0.490 e. The topological polar surface area (TPSA) is 77.1 Å². The Morgan fingerprint density at radius 2 is 1.58 bits per heavy atom. The summed E-state index contributed by atoms with van der Waals surface area (Å²) in [7, 11) is 0. The molecule has 0 spiro atoms. The number of fused-ring (bicyclic) bond motifs is 1. The van der Waals surface area contributed by atoms with E-state index in [1.807, 2.05) is 68.4 Å². The molecule has 1 aliphatic heterocycles. The number of rotatable bonds is 11. The molecule has 4 aromatic carbocycles. The summed E-state index contributed by atoms with van der Waals surface area (Å²) in [5, 5.41) is 3.61. The normalized spacial score (nSPS) is 13.3. The first-order chi connectivity index (χ1) is 20.9. The number of nitrogens with zero attached hydrogens (tertiary/aromatic N) is 1. The van der Waals surface area contributed by atoms with Crippen LogP contribution in [0.1, 0.15) is 40.9 Å². The number of amides is 2. The highest BCUT2D eigenvalue weighted by atomic mass is 35.5. The molecule has 0 unspecified atom stereocenters. The molecule has 0 aromatic heterocycles. The first-order valence-electron chi connectivity index (χ1n) is 14.3. The van der Waals surface area contributed by atoms with Gasteiger partial charge in [0.2, 0.25) is 0 Å². The fraction of sp³-hybridized carbons (Fsp3) is 0.200. The molecule has 0 saturated carbocycles. The highest BCUT2D eigenvalue weighted by molar-refractivity contribution is 6.30.